The molecule has 0 unspecified atom stereocenters. The van der Waals surface area contributed by atoms with E-state index in [0.717, 1.165) is 5.57 Å². The molecule has 0 N–H and O–H groups in total. The lowest BCUT2D eigenvalue weighted by atomic mass is 10.2. The van der Waals surface area contributed by atoms with E-state index in [1.807, 2.05) is 25.2 Å². The van der Waals surface area contributed by atoms with Crippen LogP contribution in [0.2, 0.25) is 0 Å². The molecular formula is C9H13N. The van der Waals surface area contributed by atoms with Gasteiger partial charge >= 0.3 is 0 Å². The Morgan fingerprint density at radius 1 is 1.50 bits per heavy atom. The van der Waals surface area contributed by atoms with Crippen molar-refractivity contribution in [3.63, 3.8) is 0 Å². The van der Waals surface area contributed by atoms with Crippen LogP contribution in [0.4, 0.5) is 0 Å². The monoisotopic (exact) mass is 135 g/mol. The standard InChI is InChI=1S/C9H13N/c1-4-6-9(5-2)7-8-10-3/h4-8H,2H2,1,3H3/b6-4-,9-7-,10-8?. The lowest BCUT2D eigenvalue weighted by molar-refractivity contribution is 1.47. The van der Waals surface area contributed by atoms with Gasteiger partial charge in [-0.05, 0) is 18.6 Å². The molecule has 0 radical (unpaired) electrons. The van der Waals surface area contributed by atoms with Gasteiger partial charge in [0.15, 0.2) is 0 Å². The van der Waals surface area contributed by atoms with Crippen molar-refractivity contribution in [3.05, 3.63) is 36.5 Å². The molecule has 0 bridgehead atoms. The van der Waals surface area contributed by atoms with Gasteiger partial charge in [0.25, 0.3) is 0 Å². The van der Waals surface area contributed by atoms with Crippen LogP contribution in [0, 0.1) is 0 Å². The Morgan fingerprint density at radius 2 is 2.20 bits per heavy atom. The molecule has 0 aliphatic heterocycles. The summed E-state index contributed by atoms with van der Waals surface area (Å²) in [5.74, 6) is 0. The normalized spacial score (nSPS) is 13.2. The van der Waals surface area contributed by atoms with E-state index in [0.29, 0.717) is 0 Å². The Hall–Kier alpha value is -1.11. The van der Waals surface area contributed by atoms with Crippen LogP contribution in [-0.2, 0) is 0 Å². The third-order valence-corrected chi connectivity index (χ3v) is 1.01. The Labute approximate surface area is 62.5 Å². The molecule has 0 aromatic heterocycles. The van der Waals surface area contributed by atoms with Crippen molar-refractivity contribution in [1.29, 1.82) is 0 Å². The van der Waals surface area contributed by atoms with Gasteiger partial charge in [0.05, 0.1) is 0 Å². The molecule has 54 valence electrons. The quantitative estimate of drug-likeness (QED) is 0.416. The van der Waals surface area contributed by atoms with Gasteiger partial charge in [-0.2, -0.15) is 0 Å². The second-order valence-corrected chi connectivity index (χ2v) is 1.78. The van der Waals surface area contributed by atoms with Gasteiger partial charge in [0, 0.05) is 13.3 Å². The molecule has 0 aromatic carbocycles. The summed E-state index contributed by atoms with van der Waals surface area (Å²) in [5.41, 5.74) is 1.08. The minimum Gasteiger partial charge on any atom is -0.296 e. The van der Waals surface area contributed by atoms with Crippen LogP contribution in [0.15, 0.2) is 41.4 Å². The minimum atomic E-state index is 1.08. The van der Waals surface area contributed by atoms with Crippen LogP contribution >= 0.6 is 0 Å². The van der Waals surface area contributed by atoms with E-state index < -0.39 is 0 Å². The third-order valence-electron chi connectivity index (χ3n) is 1.01. The van der Waals surface area contributed by atoms with Gasteiger partial charge in [-0.1, -0.05) is 24.8 Å². The molecule has 0 fully saturated rings. The van der Waals surface area contributed by atoms with Crippen LogP contribution < -0.4 is 0 Å². The van der Waals surface area contributed by atoms with Gasteiger partial charge in [-0.25, -0.2) is 0 Å². The fraction of sp³-hybridized carbons (Fsp3) is 0.222. The molecule has 1 nitrogen and oxygen atoms in total. The molecule has 1 heteroatoms. The van der Waals surface area contributed by atoms with Crippen molar-refractivity contribution in [2.75, 3.05) is 7.05 Å². The van der Waals surface area contributed by atoms with Gasteiger partial charge in [0.2, 0.25) is 0 Å². The molecule has 0 amide bonds. The molecule has 0 saturated heterocycles. The van der Waals surface area contributed by atoms with Crippen LogP contribution in [0.5, 0.6) is 0 Å². The molecular weight excluding hydrogens is 122 g/mol. The van der Waals surface area contributed by atoms with Gasteiger partial charge in [-0.3, -0.25) is 4.99 Å². The largest absolute Gasteiger partial charge is 0.296 e. The van der Waals surface area contributed by atoms with Crippen LogP contribution in [-0.4, -0.2) is 13.3 Å². The predicted octanol–water partition coefficient (Wildman–Crippen LogP) is 2.38. The molecule has 10 heavy (non-hydrogen) atoms. The number of aliphatic imine (C=N–C) groups is 1. The highest BCUT2D eigenvalue weighted by atomic mass is 14.6. The van der Waals surface area contributed by atoms with E-state index in [1.165, 1.54) is 0 Å². The highest BCUT2D eigenvalue weighted by molar-refractivity contribution is 5.73. The lowest BCUT2D eigenvalue weighted by Gasteiger charge is -1.86. The number of hydrogen-bond acceptors (Lipinski definition) is 1. The van der Waals surface area contributed by atoms with E-state index >= 15 is 0 Å². The third kappa shape index (κ3) is 3.84. The first kappa shape index (κ1) is 8.89. The van der Waals surface area contributed by atoms with Crippen molar-refractivity contribution < 1.29 is 0 Å². The summed E-state index contributed by atoms with van der Waals surface area (Å²) in [4.78, 5) is 3.82. The lowest BCUT2D eigenvalue weighted by Crippen LogP contribution is -1.71. The van der Waals surface area contributed by atoms with Crippen LogP contribution in [0.3, 0.4) is 0 Å². The predicted molar refractivity (Wildman–Crippen MR) is 47.5 cm³/mol. The Bertz CT molecular complexity index is 173. The topological polar surface area (TPSA) is 12.4 Å². The summed E-state index contributed by atoms with van der Waals surface area (Å²) in [6, 6.07) is 0. The van der Waals surface area contributed by atoms with E-state index in [-0.39, 0.29) is 0 Å². The van der Waals surface area contributed by atoms with Crippen molar-refractivity contribution in [2.45, 2.75) is 6.92 Å². The summed E-state index contributed by atoms with van der Waals surface area (Å²) in [5, 5.41) is 0. The fourth-order valence-corrected chi connectivity index (χ4v) is 0.545. The maximum Gasteiger partial charge on any atom is 0.0277 e. The minimum absolute atomic E-state index is 1.08. The molecule has 0 aromatic rings. The summed E-state index contributed by atoms with van der Waals surface area (Å²) in [7, 11) is 1.74. The van der Waals surface area contributed by atoms with Gasteiger partial charge < -0.3 is 0 Å². The maximum atomic E-state index is 3.82. The smallest absolute Gasteiger partial charge is 0.0277 e. The van der Waals surface area contributed by atoms with Crippen molar-refractivity contribution in [3.8, 4) is 0 Å². The summed E-state index contributed by atoms with van der Waals surface area (Å²) in [6.45, 7) is 5.62. The molecule has 0 heterocycles. The van der Waals surface area contributed by atoms with Gasteiger partial charge in [-0.15, -0.1) is 0 Å². The number of nitrogens with zero attached hydrogens (tertiary/aromatic N) is 1. The average molecular weight is 135 g/mol. The van der Waals surface area contributed by atoms with Crippen molar-refractivity contribution in [2.24, 2.45) is 4.99 Å². The molecule has 0 aliphatic carbocycles. The van der Waals surface area contributed by atoms with Crippen molar-refractivity contribution in [1.82, 2.24) is 0 Å². The fourth-order valence-electron chi connectivity index (χ4n) is 0.545. The number of hydrogen-bond donors (Lipinski definition) is 0. The summed E-state index contributed by atoms with van der Waals surface area (Å²) in [6.07, 6.45) is 9.40. The zero-order valence-electron chi connectivity index (χ0n) is 6.54. The van der Waals surface area contributed by atoms with Crippen LogP contribution in [0.1, 0.15) is 6.92 Å². The van der Waals surface area contributed by atoms with E-state index in [9.17, 15) is 0 Å². The highest BCUT2D eigenvalue weighted by Crippen LogP contribution is 1.95. The summed E-state index contributed by atoms with van der Waals surface area (Å²) < 4.78 is 0. The number of allylic oxidation sites excluding steroid dienone is 5. The first-order valence-electron chi connectivity index (χ1n) is 3.22. The Kier molecular flexibility index (Phi) is 5.35. The zero-order valence-corrected chi connectivity index (χ0v) is 6.54. The highest BCUT2D eigenvalue weighted by Gasteiger charge is 1.77. The Balaban J connectivity index is 4.17. The first-order valence-corrected chi connectivity index (χ1v) is 3.22. The molecule has 0 rings (SSSR count). The van der Waals surface area contributed by atoms with Gasteiger partial charge in [0.1, 0.15) is 0 Å². The second-order valence-electron chi connectivity index (χ2n) is 1.78. The zero-order chi connectivity index (χ0) is 7.82. The van der Waals surface area contributed by atoms with Crippen molar-refractivity contribution >= 4 is 6.21 Å². The van der Waals surface area contributed by atoms with E-state index in [2.05, 4.69) is 11.6 Å². The maximum absolute atomic E-state index is 3.82. The summed E-state index contributed by atoms with van der Waals surface area (Å²) >= 11 is 0. The molecule has 0 saturated carbocycles. The molecule has 0 aliphatic rings. The SMILES string of the molecule is C=CC(/C=C\C)=C/C=NC. The van der Waals surface area contributed by atoms with Crippen LogP contribution in [0.25, 0.3) is 0 Å². The number of rotatable bonds is 3. The first-order chi connectivity index (χ1) is 4.85. The average Bonchev–Trinajstić information content (AvgIpc) is 1.98. The van der Waals surface area contributed by atoms with E-state index in [1.54, 1.807) is 19.3 Å². The second kappa shape index (κ2) is 6.02. The van der Waals surface area contributed by atoms with E-state index in [4.69, 9.17) is 0 Å². The molecule has 0 spiro atoms. The Morgan fingerprint density at radius 3 is 2.60 bits per heavy atom. The molecule has 0 atom stereocenters.